The number of rotatable bonds is 5. The Bertz CT molecular complexity index is 784. The van der Waals surface area contributed by atoms with Gasteiger partial charge in [0.05, 0.1) is 17.8 Å². The summed E-state index contributed by atoms with van der Waals surface area (Å²) >= 11 is 0. The van der Waals surface area contributed by atoms with Crippen LogP contribution in [0.2, 0.25) is 0 Å². The Kier molecular flexibility index (Phi) is 5.38. The van der Waals surface area contributed by atoms with Gasteiger partial charge in [-0.3, -0.25) is 0 Å². The van der Waals surface area contributed by atoms with Gasteiger partial charge in [0.1, 0.15) is 0 Å². The summed E-state index contributed by atoms with van der Waals surface area (Å²) in [6.45, 7) is 15.9. The second-order valence-electron chi connectivity index (χ2n) is 15.3. The predicted molar refractivity (Wildman–Crippen MR) is 134 cm³/mol. The molecule has 190 valence electrons. The first-order valence-electron chi connectivity index (χ1n) is 14.2. The van der Waals surface area contributed by atoms with Crippen molar-refractivity contribution in [2.75, 3.05) is 0 Å². The van der Waals surface area contributed by atoms with Crippen LogP contribution in [0.1, 0.15) is 119 Å². The van der Waals surface area contributed by atoms with Crippen LogP contribution in [-0.4, -0.2) is 33.1 Å². The van der Waals surface area contributed by atoms with Crippen molar-refractivity contribution in [1.29, 1.82) is 0 Å². The molecule has 5 aliphatic rings. The number of aliphatic hydroxyl groups is 3. The molecule has 0 aliphatic heterocycles. The van der Waals surface area contributed by atoms with E-state index in [4.69, 9.17) is 0 Å². The summed E-state index contributed by atoms with van der Waals surface area (Å²) in [5, 5.41) is 31.5. The highest BCUT2D eigenvalue weighted by Crippen LogP contribution is 2.89. The minimum Gasteiger partial charge on any atom is -0.393 e. The average Bonchev–Trinajstić information content (AvgIpc) is 3.31. The summed E-state index contributed by atoms with van der Waals surface area (Å²) in [5.74, 6) is 2.88. The van der Waals surface area contributed by atoms with Crippen molar-refractivity contribution in [2.24, 2.45) is 50.7 Å². The molecule has 5 fully saturated rings. The first-order chi connectivity index (χ1) is 15.2. The number of fused-ring (bicyclic) bond motifs is 2. The van der Waals surface area contributed by atoms with Gasteiger partial charge in [0.2, 0.25) is 0 Å². The summed E-state index contributed by atoms with van der Waals surface area (Å²) in [6.07, 6.45) is 12.8. The van der Waals surface area contributed by atoms with Crippen LogP contribution in [-0.2, 0) is 0 Å². The molecule has 3 N–H and O–H groups in total. The fraction of sp³-hybridized carbons (Fsp3) is 1.00. The van der Waals surface area contributed by atoms with Crippen molar-refractivity contribution >= 4 is 0 Å². The third kappa shape index (κ3) is 3.03. The monoisotopic (exact) mass is 460 g/mol. The normalized spacial score (nSPS) is 52.2. The van der Waals surface area contributed by atoms with E-state index in [0.29, 0.717) is 39.9 Å². The Morgan fingerprint density at radius 2 is 1.45 bits per heavy atom. The number of hydrogen-bond donors (Lipinski definition) is 3. The molecular weight excluding hydrogens is 408 g/mol. The van der Waals surface area contributed by atoms with Crippen LogP contribution in [0.5, 0.6) is 0 Å². The number of hydrogen-bond acceptors (Lipinski definition) is 3. The van der Waals surface area contributed by atoms with Crippen LogP contribution in [0.25, 0.3) is 0 Å². The molecule has 33 heavy (non-hydrogen) atoms. The topological polar surface area (TPSA) is 60.7 Å². The highest BCUT2D eigenvalue weighted by Gasteiger charge is 2.82. The Hall–Kier alpha value is -0.120. The molecule has 3 heteroatoms. The van der Waals surface area contributed by atoms with E-state index in [0.717, 1.165) is 24.7 Å². The highest BCUT2D eigenvalue weighted by atomic mass is 16.3. The lowest BCUT2D eigenvalue weighted by atomic mass is 9.41. The molecule has 5 rings (SSSR count). The summed E-state index contributed by atoms with van der Waals surface area (Å²) in [4.78, 5) is 0. The standard InChI is InChI=1S/C30H52O3/c1-19(8-11-24(32)26(4,5)33)20-12-14-28(7)22-10-9-21-25(2,3)23(31)13-15-29(21)18-30(22,29)17-16-27(20,28)6/h19-24,31-33H,8-18H2,1-7H3/t19?,20-,21-,22-,23?,24?,27+,28-,29+,30-/m0/s1. The zero-order valence-electron chi connectivity index (χ0n) is 22.6. The summed E-state index contributed by atoms with van der Waals surface area (Å²) in [7, 11) is 0. The Balaban J connectivity index is 1.37. The summed E-state index contributed by atoms with van der Waals surface area (Å²) in [5.41, 5.74) is 0.949. The molecule has 3 nitrogen and oxygen atoms in total. The molecule has 0 aromatic rings. The second kappa shape index (κ2) is 7.22. The van der Waals surface area contributed by atoms with Gasteiger partial charge in [0, 0.05) is 0 Å². The van der Waals surface area contributed by atoms with Crippen molar-refractivity contribution in [3.63, 3.8) is 0 Å². The summed E-state index contributed by atoms with van der Waals surface area (Å²) < 4.78 is 0. The molecule has 0 aromatic carbocycles. The van der Waals surface area contributed by atoms with Gasteiger partial charge in [-0.05, 0) is 135 Å². The fourth-order valence-electron chi connectivity index (χ4n) is 11.3. The quantitative estimate of drug-likeness (QED) is 0.449. The Morgan fingerprint density at radius 1 is 0.818 bits per heavy atom. The average molecular weight is 461 g/mol. The van der Waals surface area contributed by atoms with Crippen LogP contribution in [0.15, 0.2) is 0 Å². The summed E-state index contributed by atoms with van der Waals surface area (Å²) in [6, 6.07) is 0. The van der Waals surface area contributed by atoms with Crippen LogP contribution < -0.4 is 0 Å². The zero-order valence-corrected chi connectivity index (χ0v) is 22.6. The van der Waals surface area contributed by atoms with Crippen molar-refractivity contribution in [3.05, 3.63) is 0 Å². The first kappa shape index (κ1) is 24.6. The van der Waals surface area contributed by atoms with Gasteiger partial charge in [-0.1, -0.05) is 34.6 Å². The maximum absolute atomic E-state index is 10.8. The van der Waals surface area contributed by atoms with E-state index in [1.807, 2.05) is 0 Å². The largest absolute Gasteiger partial charge is 0.393 e. The van der Waals surface area contributed by atoms with Crippen LogP contribution in [0.3, 0.4) is 0 Å². The lowest BCUT2D eigenvalue weighted by Gasteiger charge is -2.63. The molecule has 0 radical (unpaired) electrons. The van der Waals surface area contributed by atoms with E-state index in [2.05, 4.69) is 34.6 Å². The Labute approximate surface area is 203 Å². The van der Waals surface area contributed by atoms with Crippen LogP contribution in [0, 0.1) is 50.7 Å². The molecule has 0 aromatic heterocycles. The van der Waals surface area contributed by atoms with E-state index in [9.17, 15) is 15.3 Å². The van der Waals surface area contributed by atoms with Gasteiger partial charge in [0.15, 0.2) is 0 Å². The molecule has 5 aliphatic carbocycles. The molecule has 10 atom stereocenters. The molecule has 2 spiro atoms. The van der Waals surface area contributed by atoms with Gasteiger partial charge in [-0.25, -0.2) is 0 Å². The lowest BCUT2D eigenvalue weighted by Crippen LogP contribution is -2.57. The van der Waals surface area contributed by atoms with Gasteiger partial charge in [0.25, 0.3) is 0 Å². The van der Waals surface area contributed by atoms with Gasteiger partial charge >= 0.3 is 0 Å². The van der Waals surface area contributed by atoms with E-state index < -0.39 is 11.7 Å². The van der Waals surface area contributed by atoms with Crippen molar-refractivity contribution < 1.29 is 15.3 Å². The minimum absolute atomic E-state index is 0.0718. The predicted octanol–water partition coefficient (Wildman–Crippen LogP) is 6.33. The minimum atomic E-state index is -1.01. The zero-order chi connectivity index (χ0) is 24.2. The van der Waals surface area contributed by atoms with Gasteiger partial charge < -0.3 is 15.3 Å². The first-order valence-corrected chi connectivity index (χ1v) is 14.2. The van der Waals surface area contributed by atoms with Crippen LogP contribution in [0.4, 0.5) is 0 Å². The molecule has 5 saturated carbocycles. The van der Waals surface area contributed by atoms with Crippen molar-refractivity contribution in [3.8, 4) is 0 Å². The van der Waals surface area contributed by atoms with Crippen molar-refractivity contribution in [1.82, 2.24) is 0 Å². The van der Waals surface area contributed by atoms with E-state index in [1.165, 1.54) is 51.4 Å². The maximum atomic E-state index is 10.8. The van der Waals surface area contributed by atoms with E-state index >= 15 is 0 Å². The molecular formula is C30H52O3. The van der Waals surface area contributed by atoms with E-state index in [-0.39, 0.29) is 11.5 Å². The molecule has 0 saturated heterocycles. The SMILES string of the molecule is CC(CCC(O)C(C)(C)O)[C@@H]1CC[C@@]2(C)[C@@H]3CC[C@H]4C(C)(C)C(O)CC[C@@]45C[C@@]35CC[C@]12C. The third-order valence-corrected chi connectivity index (χ3v) is 13.6. The molecule has 3 unspecified atom stereocenters. The fourth-order valence-corrected chi connectivity index (χ4v) is 11.3. The third-order valence-electron chi connectivity index (χ3n) is 13.6. The van der Waals surface area contributed by atoms with E-state index in [1.54, 1.807) is 13.8 Å². The van der Waals surface area contributed by atoms with Crippen molar-refractivity contribution in [2.45, 2.75) is 137 Å². The maximum Gasteiger partial charge on any atom is 0.0849 e. The highest BCUT2D eigenvalue weighted by molar-refractivity contribution is 5.30. The number of aliphatic hydroxyl groups excluding tert-OH is 2. The van der Waals surface area contributed by atoms with Gasteiger partial charge in [-0.2, -0.15) is 0 Å². The Morgan fingerprint density at radius 3 is 2.12 bits per heavy atom. The molecule has 0 bridgehead atoms. The van der Waals surface area contributed by atoms with Gasteiger partial charge in [-0.15, -0.1) is 0 Å². The lowest BCUT2D eigenvalue weighted by molar-refractivity contribution is -0.161. The smallest absolute Gasteiger partial charge is 0.0849 e. The molecule has 0 amide bonds. The van der Waals surface area contributed by atoms with Crippen LogP contribution >= 0.6 is 0 Å². The second-order valence-corrected chi connectivity index (χ2v) is 15.3. The molecule has 0 heterocycles.